The van der Waals surface area contributed by atoms with Crippen LogP contribution in [-0.4, -0.2) is 37.2 Å². The second kappa shape index (κ2) is 6.35. The van der Waals surface area contributed by atoms with Gasteiger partial charge in [-0.3, -0.25) is 14.5 Å². The topological polar surface area (TPSA) is 73.1 Å². The summed E-state index contributed by atoms with van der Waals surface area (Å²) in [5, 5.41) is 1.16. The van der Waals surface area contributed by atoms with Gasteiger partial charge in [0.05, 0.1) is 12.6 Å². The van der Waals surface area contributed by atoms with Gasteiger partial charge < -0.3 is 9.64 Å². The third kappa shape index (κ3) is 3.75. The van der Waals surface area contributed by atoms with Gasteiger partial charge in [-0.25, -0.2) is 0 Å². The molecule has 2 N–H and O–H groups in total. The van der Waals surface area contributed by atoms with E-state index in [2.05, 4.69) is 22.0 Å². The van der Waals surface area contributed by atoms with Gasteiger partial charge in [0, 0.05) is 48.4 Å². The average molecular weight is 332 g/mol. The molecule has 2 heterocycles. The molecule has 0 amide bonds. The number of piperidine rings is 1. The van der Waals surface area contributed by atoms with Crippen LogP contribution in [0.1, 0.15) is 12.8 Å². The maximum Gasteiger partial charge on any atom is 0.121 e. The molecule has 1 aromatic carbocycles. The maximum atomic E-state index is 7.84. The molecule has 1 aliphatic rings. The van der Waals surface area contributed by atoms with Crippen molar-refractivity contribution in [1.29, 1.82) is 9.56 Å². The molecular weight excluding hydrogens is 308 g/mol. The van der Waals surface area contributed by atoms with Gasteiger partial charge in [-0.05, 0) is 37.0 Å². The number of ether oxygens (including phenoxy) is 1. The van der Waals surface area contributed by atoms with Gasteiger partial charge in [-0.1, -0.05) is 9.62 Å². The quantitative estimate of drug-likeness (QED) is 0.895. The summed E-state index contributed by atoms with van der Waals surface area (Å²) in [6, 6.07) is 8.12. The van der Waals surface area contributed by atoms with E-state index in [-0.39, 0.29) is 0 Å². The van der Waals surface area contributed by atoms with Gasteiger partial charge in [0.15, 0.2) is 0 Å². The molecule has 0 radical (unpaired) electrons. The molecule has 5 nitrogen and oxygen atoms in total. The minimum Gasteiger partial charge on any atom is -0.497 e. The molecule has 0 atom stereocenters. The lowest BCUT2D eigenvalue weighted by atomic mass is 9.98. The van der Waals surface area contributed by atoms with Crippen LogP contribution in [0.3, 0.4) is 0 Å². The number of methoxy groups -OCH3 is 1. The third-order valence-electron chi connectivity index (χ3n) is 4.45. The number of nitrogens with one attached hydrogen (secondary N) is 2. The van der Waals surface area contributed by atoms with Crippen LogP contribution in [0.5, 0.6) is 5.75 Å². The molecule has 0 unspecified atom stereocenters. The summed E-state index contributed by atoms with van der Waals surface area (Å²) in [4.78, 5) is 6.87. The molecule has 0 aliphatic carbocycles. The number of hydrogen-bond acceptors (Lipinski definition) is 5. The second-order valence-electron chi connectivity index (χ2n) is 6.40. The highest BCUT2D eigenvalue weighted by Gasteiger charge is 2.21. The van der Waals surface area contributed by atoms with Crippen LogP contribution in [0, 0.1) is 15.5 Å². The van der Waals surface area contributed by atoms with E-state index in [1.165, 1.54) is 5.69 Å². The van der Waals surface area contributed by atoms with Gasteiger partial charge in [0.2, 0.25) is 0 Å². The van der Waals surface area contributed by atoms with Crippen LogP contribution in [-0.2, 0) is 9.62 Å². The van der Waals surface area contributed by atoms with E-state index in [0.717, 1.165) is 48.3 Å². The van der Waals surface area contributed by atoms with Gasteiger partial charge in [0.1, 0.15) is 5.75 Å². The van der Waals surface area contributed by atoms with Gasteiger partial charge in [-0.15, -0.1) is 0 Å². The minimum absolute atomic E-state index is 0.523. The first-order valence-electron chi connectivity index (χ1n) is 7.89. The normalized spacial score (nSPS) is 16.7. The Morgan fingerprint density at radius 2 is 2.00 bits per heavy atom. The van der Waals surface area contributed by atoms with Crippen molar-refractivity contribution in [3.8, 4) is 5.75 Å². The Labute approximate surface area is 138 Å². The fraction of sp³-hybridized carbons (Fsp3) is 0.471. The zero-order valence-corrected chi connectivity index (χ0v) is 14.5. The Morgan fingerprint density at radius 1 is 1.26 bits per heavy atom. The van der Waals surface area contributed by atoms with Crippen molar-refractivity contribution in [2.45, 2.75) is 12.8 Å². The zero-order chi connectivity index (χ0) is 16.4. The smallest absolute Gasteiger partial charge is 0.121 e. The van der Waals surface area contributed by atoms with Crippen LogP contribution in [0.15, 0.2) is 30.5 Å². The highest BCUT2D eigenvalue weighted by atomic mass is 32.2. The molecule has 124 valence electrons. The monoisotopic (exact) mass is 332 g/mol. The largest absolute Gasteiger partial charge is 0.497 e. The molecule has 0 saturated carbocycles. The first-order valence-corrected chi connectivity index (χ1v) is 10.1. The average Bonchev–Trinajstić information content (AvgIpc) is 2.53. The van der Waals surface area contributed by atoms with E-state index in [4.69, 9.17) is 14.3 Å². The van der Waals surface area contributed by atoms with Crippen molar-refractivity contribution in [1.82, 2.24) is 4.98 Å². The van der Waals surface area contributed by atoms with Crippen LogP contribution in [0.4, 0.5) is 5.69 Å². The molecule has 3 rings (SSSR count). The number of nitrogens with zero attached hydrogens (tertiary/aromatic N) is 2. The number of benzene rings is 1. The first-order chi connectivity index (χ1) is 11.0. The molecule has 0 spiro atoms. The molecule has 1 saturated heterocycles. The molecule has 23 heavy (non-hydrogen) atoms. The first kappa shape index (κ1) is 16.1. The van der Waals surface area contributed by atoms with E-state index in [1.807, 2.05) is 18.3 Å². The van der Waals surface area contributed by atoms with Crippen LogP contribution < -0.4 is 9.64 Å². The minimum atomic E-state index is -1.89. The lowest BCUT2D eigenvalue weighted by molar-refractivity contribution is 0.415. The molecule has 6 heteroatoms. The molecule has 1 fully saturated rings. The standard InChI is InChI=1S/C17H24N4OS/c1-22-14-3-4-15-16(11-14)20-8-5-17(15)21-9-6-13(7-10-21)12-23(2,18)19/h3-5,8,11,13,18-19H,6-7,9-10,12H2,1-2H3. The third-order valence-corrected chi connectivity index (χ3v) is 5.59. The fourth-order valence-electron chi connectivity index (χ4n) is 3.33. The lowest BCUT2D eigenvalue weighted by Gasteiger charge is -2.34. The highest BCUT2D eigenvalue weighted by molar-refractivity contribution is 7.92. The van der Waals surface area contributed by atoms with Gasteiger partial charge in [-0.2, -0.15) is 0 Å². The summed E-state index contributed by atoms with van der Waals surface area (Å²) in [5.41, 5.74) is 2.18. The molecule has 2 aromatic rings. The van der Waals surface area contributed by atoms with Crippen molar-refractivity contribution < 1.29 is 4.74 Å². The Morgan fingerprint density at radius 3 is 2.65 bits per heavy atom. The lowest BCUT2D eigenvalue weighted by Crippen LogP contribution is -2.35. The predicted molar refractivity (Wildman–Crippen MR) is 96.8 cm³/mol. The number of anilines is 1. The van der Waals surface area contributed by atoms with Crippen molar-refractivity contribution in [2.75, 3.05) is 37.1 Å². The fourth-order valence-corrected chi connectivity index (χ4v) is 4.60. The Bertz CT molecular complexity index is 795. The Kier molecular flexibility index (Phi) is 4.43. The Balaban J connectivity index is 1.79. The maximum absolute atomic E-state index is 7.84. The Hall–Kier alpha value is -1.82. The molecular formula is C17H24N4OS. The number of fused-ring (bicyclic) bond motifs is 1. The summed E-state index contributed by atoms with van der Waals surface area (Å²) in [7, 11) is -0.220. The number of rotatable bonds is 4. The summed E-state index contributed by atoms with van der Waals surface area (Å²) in [6.07, 6.45) is 5.77. The highest BCUT2D eigenvalue weighted by Crippen LogP contribution is 2.31. The summed E-state index contributed by atoms with van der Waals surface area (Å²) in [5.74, 6) is 2.10. The van der Waals surface area contributed by atoms with Crippen LogP contribution >= 0.6 is 0 Å². The van der Waals surface area contributed by atoms with E-state index in [1.54, 1.807) is 13.4 Å². The molecule has 0 bridgehead atoms. The van der Waals surface area contributed by atoms with E-state index in [0.29, 0.717) is 5.92 Å². The van der Waals surface area contributed by atoms with E-state index < -0.39 is 9.62 Å². The van der Waals surface area contributed by atoms with Crippen molar-refractivity contribution in [2.24, 2.45) is 5.92 Å². The summed E-state index contributed by atoms with van der Waals surface area (Å²) in [6.45, 7) is 1.98. The summed E-state index contributed by atoms with van der Waals surface area (Å²) >= 11 is 0. The van der Waals surface area contributed by atoms with Gasteiger partial charge >= 0.3 is 0 Å². The van der Waals surface area contributed by atoms with Crippen LogP contribution in [0.25, 0.3) is 10.9 Å². The number of hydrogen-bond donors (Lipinski definition) is 2. The van der Waals surface area contributed by atoms with Gasteiger partial charge in [0.25, 0.3) is 0 Å². The van der Waals surface area contributed by atoms with Crippen molar-refractivity contribution in [3.63, 3.8) is 0 Å². The van der Waals surface area contributed by atoms with Crippen molar-refractivity contribution in [3.05, 3.63) is 30.5 Å². The zero-order valence-electron chi connectivity index (χ0n) is 13.7. The van der Waals surface area contributed by atoms with Crippen LogP contribution in [0.2, 0.25) is 0 Å². The molecule has 1 aromatic heterocycles. The molecule has 1 aliphatic heterocycles. The van der Waals surface area contributed by atoms with E-state index in [9.17, 15) is 0 Å². The van der Waals surface area contributed by atoms with E-state index >= 15 is 0 Å². The SMILES string of the molecule is COc1ccc2c(N3CCC(CS(C)(=N)=N)CC3)ccnc2c1. The van der Waals surface area contributed by atoms with Crippen molar-refractivity contribution >= 4 is 26.2 Å². The second-order valence-corrected chi connectivity index (χ2v) is 8.91. The number of pyridine rings is 1. The predicted octanol–water partition coefficient (Wildman–Crippen LogP) is 3.77. The number of aromatic nitrogens is 1. The summed E-state index contributed by atoms with van der Waals surface area (Å²) < 4.78 is 21.0.